The summed E-state index contributed by atoms with van der Waals surface area (Å²) < 4.78 is 18.4. The first-order chi connectivity index (χ1) is 13.5. The van der Waals surface area contributed by atoms with Gasteiger partial charge in [0, 0.05) is 23.9 Å². The van der Waals surface area contributed by atoms with Crippen molar-refractivity contribution in [2.24, 2.45) is 0 Å². The average Bonchev–Trinajstić information content (AvgIpc) is 3.08. The van der Waals surface area contributed by atoms with Gasteiger partial charge in [-0.1, -0.05) is 60.7 Å². The summed E-state index contributed by atoms with van der Waals surface area (Å²) >= 11 is 0. The molecule has 2 aromatic rings. The molecule has 4 nitrogen and oxygen atoms in total. The molecule has 28 heavy (non-hydrogen) atoms. The minimum absolute atomic E-state index is 0.130. The number of piperidine rings is 1. The fraction of sp³-hybridized carbons (Fsp3) is 0.500. The largest absolute Gasteiger partial charge is 0.375 e. The van der Waals surface area contributed by atoms with Crippen LogP contribution in [0.2, 0.25) is 0 Å². The number of hydrogen-bond acceptors (Lipinski definition) is 4. The van der Waals surface area contributed by atoms with E-state index in [9.17, 15) is 0 Å². The zero-order valence-electron chi connectivity index (χ0n) is 16.9. The van der Waals surface area contributed by atoms with Crippen LogP contribution in [0.25, 0.3) is 0 Å². The van der Waals surface area contributed by atoms with Gasteiger partial charge in [0.05, 0.1) is 26.4 Å². The van der Waals surface area contributed by atoms with E-state index in [4.69, 9.17) is 14.2 Å². The molecule has 0 saturated carbocycles. The predicted molar refractivity (Wildman–Crippen MR) is 110 cm³/mol. The molecule has 2 aromatic carbocycles. The zero-order valence-corrected chi connectivity index (χ0v) is 16.9. The van der Waals surface area contributed by atoms with E-state index in [2.05, 4.69) is 61.6 Å². The van der Waals surface area contributed by atoms with Gasteiger partial charge in [0.15, 0.2) is 5.79 Å². The van der Waals surface area contributed by atoms with Crippen LogP contribution in [-0.2, 0) is 27.2 Å². The second kappa shape index (κ2) is 7.96. The summed E-state index contributed by atoms with van der Waals surface area (Å²) in [7, 11) is 0. The first-order valence-electron chi connectivity index (χ1n) is 10.2. The van der Waals surface area contributed by atoms with Gasteiger partial charge < -0.3 is 19.5 Å². The maximum atomic E-state index is 6.16. The molecule has 2 heterocycles. The second-order valence-electron chi connectivity index (χ2n) is 8.85. The Kier molecular flexibility index (Phi) is 5.57. The van der Waals surface area contributed by atoms with Gasteiger partial charge in [0.1, 0.15) is 0 Å². The summed E-state index contributed by atoms with van der Waals surface area (Å²) in [6.45, 7) is 7.07. The van der Waals surface area contributed by atoms with Crippen molar-refractivity contribution in [3.8, 4) is 0 Å². The normalized spacial score (nSPS) is 29.2. The number of rotatable bonds is 6. The highest BCUT2D eigenvalue weighted by atomic mass is 16.7. The van der Waals surface area contributed by atoms with Crippen molar-refractivity contribution in [3.63, 3.8) is 0 Å². The van der Waals surface area contributed by atoms with Crippen LogP contribution in [0.1, 0.15) is 37.8 Å². The highest BCUT2D eigenvalue weighted by Gasteiger charge is 2.53. The lowest BCUT2D eigenvalue weighted by molar-refractivity contribution is -0.214. The van der Waals surface area contributed by atoms with Gasteiger partial charge >= 0.3 is 0 Å². The second-order valence-corrected chi connectivity index (χ2v) is 8.85. The molecule has 150 valence electrons. The molecule has 1 N–H and O–H groups in total. The van der Waals surface area contributed by atoms with Gasteiger partial charge in [0.25, 0.3) is 0 Å². The maximum Gasteiger partial charge on any atom is 0.172 e. The lowest BCUT2D eigenvalue weighted by Gasteiger charge is -2.52. The summed E-state index contributed by atoms with van der Waals surface area (Å²) in [5, 5.41) is 3.91. The van der Waals surface area contributed by atoms with Gasteiger partial charge in [-0.25, -0.2) is 0 Å². The third-order valence-electron chi connectivity index (χ3n) is 5.71. The molecular formula is C24H31NO3. The summed E-state index contributed by atoms with van der Waals surface area (Å²) in [6.07, 6.45) is 2.55. The van der Waals surface area contributed by atoms with E-state index in [-0.39, 0.29) is 11.1 Å². The van der Waals surface area contributed by atoms with Gasteiger partial charge in [-0.05, 0) is 31.4 Å². The van der Waals surface area contributed by atoms with Crippen LogP contribution in [-0.4, -0.2) is 36.7 Å². The highest BCUT2D eigenvalue weighted by molar-refractivity contribution is 5.20. The molecule has 2 fully saturated rings. The number of ether oxygens (including phenoxy) is 3. The average molecular weight is 382 g/mol. The first-order valence-corrected chi connectivity index (χ1v) is 10.2. The molecule has 0 amide bonds. The molecule has 0 bridgehead atoms. The van der Waals surface area contributed by atoms with Gasteiger partial charge in [-0.3, -0.25) is 0 Å². The molecule has 2 atom stereocenters. The van der Waals surface area contributed by atoms with Crippen LogP contribution in [0, 0.1) is 0 Å². The molecule has 1 spiro atoms. The Labute approximate surface area is 168 Å². The van der Waals surface area contributed by atoms with Gasteiger partial charge in [-0.2, -0.15) is 0 Å². The Balaban J connectivity index is 1.49. The highest BCUT2D eigenvalue weighted by Crippen LogP contribution is 2.43. The predicted octanol–water partition coefficient (Wildman–Crippen LogP) is 4.09. The van der Waals surface area contributed by atoms with Crippen LogP contribution in [0.15, 0.2) is 60.7 Å². The molecule has 0 radical (unpaired) electrons. The molecule has 0 aliphatic carbocycles. The molecule has 2 saturated heterocycles. The van der Waals surface area contributed by atoms with Crippen LogP contribution < -0.4 is 5.32 Å². The minimum Gasteiger partial charge on any atom is -0.375 e. The SMILES string of the molecule is CC1(COCc2ccccc2)CC2(CC(C)(Cc3ccccc3)N1)OCCO2. The third kappa shape index (κ3) is 4.64. The van der Waals surface area contributed by atoms with Crippen molar-refractivity contribution >= 4 is 0 Å². The summed E-state index contributed by atoms with van der Waals surface area (Å²) in [4.78, 5) is 0. The lowest BCUT2D eigenvalue weighted by Crippen LogP contribution is -2.68. The third-order valence-corrected chi connectivity index (χ3v) is 5.71. The van der Waals surface area contributed by atoms with Crippen molar-refractivity contribution in [1.29, 1.82) is 0 Å². The number of benzene rings is 2. The van der Waals surface area contributed by atoms with Crippen LogP contribution >= 0.6 is 0 Å². The lowest BCUT2D eigenvalue weighted by atomic mass is 9.74. The maximum absolute atomic E-state index is 6.16. The van der Waals surface area contributed by atoms with E-state index in [0.717, 1.165) is 19.3 Å². The molecule has 4 rings (SSSR count). The molecule has 0 aromatic heterocycles. The standard InChI is InChI=1S/C24H31NO3/c1-22(15-20-9-5-3-6-10-20)17-24(27-13-14-28-24)18-23(2,25-22)19-26-16-21-11-7-4-8-12-21/h3-12,25H,13-19H2,1-2H3. The molecule has 4 heteroatoms. The Morgan fingerprint density at radius 2 is 1.39 bits per heavy atom. The van der Waals surface area contributed by atoms with Crippen molar-refractivity contribution < 1.29 is 14.2 Å². The van der Waals surface area contributed by atoms with E-state index >= 15 is 0 Å². The quantitative estimate of drug-likeness (QED) is 0.818. The zero-order chi connectivity index (χ0) is 19.5. The summed E-state index contributed by atoms with van der Waals surface area (Å²) in [5.74, 6) is -0.514. The molecule has 2 aliphatic heterocycles. The van der Waals surface area contributed by atoms with E-state index in [1.54, 1.807) is 0 Å². The van der Waals surface area contributed by atoms with E-state index in [1.165, 1.54) is 11.1 Å². The van der Waals surface area contributed by atoms with Gasteiger partial charge in [0.2, 0.25) is 0 Å². The van der Waals surface area contributed by atoms with Crippen LogP contribution in [0.3, 0.4) is 0 Å². The van der Waals surface area contributed by atoms with Crippen molar-refractivity contribution in [3.05, 3.63) is 71.8 Å². The smallest absolute Gasteiger partial charge is 0.172 e. The van der Waals surface area contributed by atoms with Crippen LogP contribution in [0.5, 0.6) is 0 Å². The Hall–Kier alpha value is -1.72. The number of nitrogens with one attached hydrogen (secondary N) is 1. The topological polar surface area (TPSA) is 39.7 Å². The Morgan fingerprint density at radius 1 is 0.821 bits per heavy atom. The van der Waals surface area contributed by atoms with Gasteiger partial charge in [-0.15, -0.1) is 0 Å². The van der Waals surface area contributed by atoms with E-state index < -0.39 is 5.79 Å². The fourth-order valence-corrected chi connectivity index (χ4v) is 4.98. The molecular weight excluding hydrogens is 350 g/mol. The Morgan fingerprint density at radius 3 is 2.04 bits per heavy atom. The fourth-order valence-electron chi connectivity index (χ4n) is 4.98. The Bertz CT molecular complexity index is 760. The first kappa shape index (κ1) is 19.6. The number of hydrogen-bond donors (Lipinski definition) is 1. The minimum atomic E-state index is -0.514. The van der Waals surface area contributed by atoms with Crippen LogP contribution in [0.4, 0.5) is 0 Å². The van der Waals surface area contributed by atoms with Crippen molar-refractivity contribution in [2.75, 3.05) is 19.8 Å². The molecule has 2 unspecified atom stereocenters. The van der Waals surface area contributed by atoms with Crippen molar-refractivity contribution in [2.45, 2.75) is 56.6 Å². The van der Waals surface area contributed by atoms with E-state index in [1.807, 2.05) is 18.2 Å². The van der Waals surface area contributed by atoms with E-state index in [0.29, 0.717) is 26.4 Å². The molecule has 2 aliphatic rings. The summed E-state index contributed by atoms with van der Waals surface area (Å²) in [6, 6.07) is 21.0. The van der Waals surface area contributed by atoms with Crippen molar-refractivity contribution in [1.82, 2.24) is 5.32 Å². The monoisotopic (exact) mass is 381 g/mol. The summed E-state index contributed by atoms with van der Waals surface area (Å²) in [5.41, 5.74) is 2.16.